The van der Waals surface area contributed by atoms with Crippen LogP contribution in [-0.2, 0) is 0 Å². The van der Waals surface area contributed by atoms with Gasteiger partial charge in [0.1, 0.15) is 4.32 Å². The smallest absolute Gasteiger partial charge is 0.186 e. The van der Waals surface area contributed by atoms with Gasteiger partial charge < -0.3 is 4.90 Å². The molecular weight excluding hydrogens is 274 g/mol. The second-order valence-electron chi connectivity index (χ2n) is 3.45. The Hall–Kier alpha value is -0.840. The molecule has 1 rings (SSSR count). The van der Waals surface area contributed by atoms with Gasteiger partial charge >= 0.3 is 0 Å². The number of halogens is 1. The van der Waals surface area contributed by atoms with Crippen molar-refractivity contribution in [1.29, 1.82) is 0 Å². The van der Waals surface area contributed by atoms with E-state index in [4.69, 9.17) is 23.8 Å². The van der Waals surface area contributed by atoms with Crippen molar-refractivity contribution in [3.05, 3.63) is 46.3 Å². The van der Waals surface area contributed by atoms with Gasteiger partial charge in [0.15, 0.2) is 5.78 Å². The van der Waals surface area contributed by atoms with E-state index >= 15 is 0 Å². The lowest BCUT2D eigenvalue weighted by atomic mass is 10.1. The van der Waals surface area contributed by atoms with Crippen LogP contribution in [0.15, 0.2) is 35.7 Å². The summed E-state index contributed by atoms with van der Waals surface area (Å²) >= 11 is 12.2. The second kappa shape index (κ2) is 6.79. The molecule has 0 N–H and O–H groups in total. The highest BCUT2D eigenvalue weighted by Crippen LogP contribution is 2.12. The molecule has 0 bridgehead atoms. The fraction of sp³-hybridized carbons (Fsp3) is 0.167. The molecule has 1 aromatic carbocycles. The first kappa shape index (κ1) is 14.2. The Balaban J connectivity index is 2.58. The molecule has 0 saturated heterocycles. The summed E-state index contributed by atoms with van der Waals surface area (Å²) in [7, 11) is 3.73. The van der Waals surface area contributed by atoms with Crippen LogP contribution in [0.1, 0.15) is 10.4 Å². The first-order valence-electron chi connectivity index (χ1n) is 4.85. The van der Waals surface area contributed by atoms with E-state index in [0.29, 0.717) is 14.9 Å². The predicted molar refractivity (Wildman–Crippen MR) is 78.8 cm³/mol. The molecule has 0 saturated carbocycles. The van der Waals surface area contributed by atoms with E-state index in [1.807, 2.05) is 19.0 Å². The van der Waals surface area contributed by atoms with Crippen LogP contribution >= 0.6 is 35.6 Å². The van der Waals surface area contributed by atoms with Crippen LogP contribution in [0.3, 0.4) is 0 Å². The molecule has 17 heavy (non-hydrogen) atoms. The Kier molecular flexibility index (Phi) is 5.68. The average molecular weight is 286 g/mol. The van der Waals surface area contributed by atoms with Gasteiger partial charge in [-0.3, -0.25) is 4.79 Å². The predicted octanol–water partition coefficient (Wildman–Crippen LogP) is 3.62. The van der Waals surface area contributed by atoms with Crippen LogP contribution in [0.2, 0.25) is 5.02 Å². The molecule has 90 valence electrons. The summed E-state index contributed by atoms with van der Waals surface area (Å²) in [6.07, 6.45) is 1.50. The highest BCUT2D eigenvalue weighted by molar-refractivity contribution is 8.24. The molecule has 0 spiro atoms. The maximum absolute atomic E-state index is 11.7. The number of benzene rings is 1. The summed E-state index contributed by atoms with van der Waals surface area (Å²) in [5.74, 6) is -0.0595. The maximum Gasteiger partial charge on any atom is 0.186 e. The van der Waals surface area contributed by atoms with E-state index < -0.39 is 0 Å². The van der Waals surface area contributed by atoms with Crippen LogP contribution in [0, 0.1) is 0 Å². The topological polar surface area (TPSA) is 20.3 Å². The minimum Gasteiger partial charge on any atom is -0.363 e. The van der Waals surface area contributed by atoms with Crippen LogP contribution in [0.4, 0.5) is 0 Å². The fourth-order valence-corrected chi connectivity index (χ4v) is 1.78. The Morgan fingerprint density at radius 2 is 1.94 bits per heavy atom. The Morgan fingerprint density at radius 1 is 1.35 bits per heavy atom. The summed E-state index contributed by atoms with van der Waals surface area (Å²) in [6.45, 7) is 0. The number of thiocarbonyl (C=S) groups is 1. The van der Waals surface area contributed by atoms with E-state index in [9.17, 15) is 4.79 Å². The minimum atomic E-state index is -0.0595. The lowest BCUT2D eigenvalue weighted by Gasteiger charge is -2.09. The van der Waals surface area contributed by atoms with Gasteiger partial charge in [0.05, 0.1) is 0 Å². The van der Waals surface area contributed by atoms with Gasteiger partial charge in [0.25, 0.3) is 0 Å². The van der Waals surface area contributed by atoms with E-state index in [2.05, 4.69) is 0 Å². The van der Waals surface area contributed by atoms with Crippen LogP contribution < -0.4 is 0 Å². The van der Waals surface area contributed by atoms with E-state index in [-0.39, 0.29) is 5.78 Å². The van der Waals surface area contributed by atoms with Gasteiger partial charge in [-0.25, -0.2) is 0 Å². The Morgan fingerprint density at radius 3 is 2.47 bits per heavy atom. The first-order chi connectivity index (χ1) is 8.00. The summed E-state index contributed by atoms with van der Waals surface area (Å²) in [4.78, 5) is 13.5. The van der Waals surface area contributed by atoms with Gasteiger partial charge in [-0.1, -0.05) is 35.6 Å². The maximum atomic E-state index is 11.7. The van der Waals surface area contributed by atoms with Crippen molar-refractivity contribution in [3.63, 3.8) is 0 Å². The quantitative estimate of drug-likeness (QED) is 0.480. The molecular formula is C12H12ClNOS2. The molecule has 0 fully saturated rings. The molecule has 0 atom stereocenters. The fourth-order valence-electron chi connectivity index (χ4n) is 0.970. The average Bonchev–Trinajstić information content (AvgIpc) is 2.29. The van der Waals surface area contributed by atoms with E-state index in [0.717, 1.165) is 0 Å². The third-order valence-electron chi connectivity index (χ3n) is 1.88. The van der Waals surface area contributed by atoms with Gasteiger partial charge in [0.2, 0.25) is 0 Å². The standard InChI is InChI=1S/C12H12ClNOS2/c1-14(2)12(16)17-8-7-11(15)9-3-5-10(13)6-4-9/h3-8H,1-2H3. The highest BCUT2D eigenvalue weighted by Gasteiger charge is 2.01. The van der Waals surface area contributed by atoms with Crippen molar-refractivity contribution in [2.45, 2.75) is 0 Å². The van der Waals surface area contributed by atoms with Crippen molar-refractivity contribution < 1.29 is 4.79 Å². The Bertz CT molecular complexity index is 440. The van der Waals surface area contributed by atoms with Crippen molar-refractivity contribution in [2.75, 3.05) is 14.1 Å². The zero-order chi connectivity index (χ0) is 12.8. The molecule has 0 aliphatic heterocycles. The summed E-state index contributed by atoms with van der Waals surface area (Å²) in [5.41, 5.74) is 0.613. The van der Waals surface area contributed by atoms with Crippen LogP contribution in [0.25, 0.3) is 0 Å². The van der Waals surface area contributed by atoms with Crippen molar-refractivity contribution in [2.24, 2.45) is 0 Å². The molecule has 0 aromatic heterocycles. The van der Waals surface area contributed by atoms with Crippen LogP contribution in [0.5, 0.6) is 0 Å². The summed E-state index contributed by atoms with van der Waals surface area (Å²) < 4.78 is 0.713. The highest BCUT2D eigenvalue weighted by atomic mass is 35.5. The monoisotopic (exact) mass is 285 g/mol. The number of allylic oxidation sites excluding steroid dienone is 1. The Labute approximate surface area is 116 Å². The third kappa shape index (κ3) is 4.89. The number of thioether (sulfide) groups is 1. The number of carbonyl (C=O) groups is 1. The number of hydrogen-bond donors (Lipinski definition) is 0. The molecule has 0 heterocycles. The zero-order valence-corrected chi connectivity index (χ0v) is 11.9. The molecule has 0 aliphatic rings. The van der Waals surface area contributed by atoms with Crippen LogP contribution in [-0.4, -0.2) is 29.1 Å². The van der Waals surface area contributed by atoms with Gasteiger partial charge in [-0.15, -0.1) is 0 Å². The zero-order valence-electron chi connectivity index (χ0n) is 9.51. The largest absolute Gasteiger partial charge is 0.363 e. The SMILES string of the molecule is CN(C)C(=S)SC=CC(=O)c1ccc(Cl)cc1. The van der Waals surface area contributed by atoms with Crippen molar-refractivity contribution in [3.8, 4) is 0 Å². The summed E-state index contributed by atoms with van der Waals surface area (Å²) in [6, 6.07) is 6.79. The van der Waals surface area contributed by atoms with Crippen molar-refractivity contribution >= 4 is 45.7 Å². The number of hydrogen-bond acceptors (Lipinski definition) is 3. The normalized spacial score (nSPS) is 10.5. The molecule has 1 aromatic rings. The van der Waals surface area contributed by atoms with Gasteiger partial charge in [-0.2, -0.15) is 0 Å². The molecule has 0 radical (unpaired) electrons. The number of carbonyl (C=O) groups excluding carboxylic acids is 1. The lowest BCUT2D eigenvalue weighted by molar-refractivity contribution is 0.104. The summed E-state index contributed by atoms with van der Waals surface area (Å²) in [5, 5.41) is 2.31. The molecule has 0 aliphatic carbocycles. The van der Waals surface area contributed by atoms with Gasteiger partial charge in [-0.05, 0) is 35.7 Å². The number of rotatable bonds is 3. The number of ketones is 1. The first-order valence-corrected chi connectivity index (χ1v) is 6.51. The lowest BCUT2D eigenvalue weighted by Crippen LogP contribution is -2.15. The number of nitrogens with zero attached hydrogens (tertiary/aromatic N) is 1. The third-order valence-corrected chi connectivity index (χ3v) is 3.63. The molecule has 0 unspecified atom stereocenters. The molecule has 5 heteroatoms. The molecule has 2 nitrogen and oxygen atoms in total. The second-order valence-corrected chi connectivity index (χ2v) is 5.43. The van der Waals surface area contributed by atoms with E-state index in [1.165, 1.54) is 17.8 Å². The van der Waals surface area contributed by atoms with Gasteiger partial charge in [0, 0.05) is 24.7 Å². The van der Waals surface area contributed by atoms with Crippen molar-refractivity contribution in [1.82, 2.24) is 4.90 Å². The van der Waals surface area contributed by atoms with E-state index in [1.54, 1.807) is 29.7 Å². The molecule has 0 amide bonds. The minimum absolute atomic E-state index is 0.0595.